The van der Waals surface area contributed by atoms with Gasteiger partial charge < -0.3 is 26.0 Å². The molecule has 0 saturated carbocycles. The second kappa shape index (κ2) is 12.0. The van der Waals surface area contributed by atoms with Gasteiger partial charge in [0.05, 0.1) is 29.2 Å². The molecule has 3 aromatic carbocycles. The smallest absolute Gasteiger partial charge is 0.261 e. The Morgan fingerprint density at radius 2 is 1.76 bits per heavy atom. The Hall–Kier alpha value is -4.37. The number of amides is 1. The van der Waals surface area contributed by atoms with Crippen LogP contribution in [0.5, 0.6) is 5.75 Å². The van der Waals surface area contributed by atoms with E-state index in [1.54, 1.807) is 19.2 Å². The summed E-state index contributed by atoms with van der Waals surface area (Å²) in [5, 5.41) is 12.3. The zero-order chi connectivity index (χ0) is 26.2. The number of aromatic nitrogens is 2. The lowest BCUT2D eigenvalue weighted by Gasteiger charge is -2.16. The summed E-state index contributed by atoms with van der Waals surface area (Å²) in [5.41, 5.74) is 2.27. The fourth-order valence-electron chi connectivity index (χ4n) is 3.44. The van der Waals surface area contributed by atoms with E-state index in [2.05, 4.69) is 38.2 Å². The number of carbonyl (C=O) groups excluding carboxylic acids is 1. The average molecular weight is 521 g/mol. The molecule has 0 fully saturated rings. The van der Waals surface area contributed by atoms with Gasteiger partial charge in [0.25, 0.3) is 5.91 Å². The van der Waals surface area contributed by atoms with Crippen molar-refractivity contribution in [1.29, 1.82) is 0 Å². The fraction of sp³-hybridized carbons (Fsp3) is 0.148. The zero-order valence-corrected chi connectivity index (χ0v) is 21.1. The van der Waals surface area contributed by atoms with E-state index in [-0.39, 0.29) is 28.0 Å². The van der Waals surface area contributed by atoms with Crippen LogP contribution in [0.3, 0.4) is 0 Å². The third-order valence-electron chi connectivity index (χ3n) is 5.33. The highest BCUT2D eigenvalue weighted by atomic mass is 35.5. The molecule has 0 spiro atoms. The van der Waals surface area contributed by atoms with Gasteiger partial charge in [-0.1, -0.05) is 36.7 Å². The van der Waals surface area contributed by atoms with Gasteiger partial charge in [-0.25, -0.2) is 9.37 Å². The monoisotopic (exact) mass is 520 g/mol. The topological polar surface area (TPSA) is 100 Å². The molecular formula is C27H26ClFN6O2. The Morgan fingerprint density at radius 1 is 1.00 bits per heavy atom. The minimum Gasteiger partial charge on any atom is -0.497 e. The van der Waals surface area contributed by atoms with Crippen LogP contribution in [-0.4, -0.2) is 29.5 Å². The van der Waals surface area contributed by atoms with E-state index in [1.807, 2.05) is 36.4 Å². The van der Waals surface area contributed by atoms with E-state index >= 15 is 0 Å². The molecule has 1 aromatic heterocycles. The van der Waals surface area contributed by atoms with Crippen LogP contribution < -0.4 is 26.0 Å². The van der Waals surface area contributed by atoms with E-state index in [0.29, 0.717) is 11.4 Å². The molecule has 4 rings (SSSR count). The highest BCUT2D eigenvalue weighted by molar-refractivity contribution is 6.34. The van der Waals surface area contributed by atoms with Crippen molar-refractivity contribution in [3.8, 4) is 5.75 Å². The Bertz CT molecular complexity index is 1360. The molecule has 0 unspecified atom stereocenters. The van der Waals surface area contributed by atoms with Gasteiger partial charge in [-0.05, 0) is 55.0 Å². The first-order valence-corrected chi connectivity index (χ1v) is 12.0. The van der Waals surface area contributed by atoms with Gasteiger partial charge in [0.1, 0.15) is 22.9 Å². The molecule has 4 aromatic rings. The van der Waals surface area contributed by atoms with E-state index in [9.17, 15) is 9.18 Å². The molecule has 4 N–H and O–H groups in total. The largest absolute Gasteiger partial charge is 0.497 e. The minimum atomic E-state index is -0.650. The molecule has 0 aliphatic rings. The summed E-state index contributed by atoms with van der Waals surface area (Å²) in [6.07, 6.45) is 2.31. The third-order valence-corrected chi connectivity index (χ3v) is 5.64. The Labute approximate surface area is 219 Å². The number of para-hydroxylation sites is 3. The maximum Gasteiger partial charge on any atom is 0.261 e. The number of benzene rings is 3. The molecule has 0 saturated heterocycles. The van der Waals surface area contributed by atoms with Gasteiger partial charge in [-0.2, -0.15) is 4.98 Å². The number of carbonyl (C=O) groups is 1. The standard InChI is InChI=1S/C27H26ClFN6O2/c1-3-15-30-22-9-4-5-10-23(22)33-25-19(26(36)34-24-20(28)7-6-8-21(24)29)16-31-27(35-25)32-17-11-13-18(37-2)14-12-17/h4-14,16,30H,3,15H2,1-2H3,(H,34,36)(H2,31,32,33,35). The van der Waals surface area contributed by atoms with Crippen molar-refractivity contribution in [3.05, 3.63) is 89.3 Å². The number of nitrogens with one attached hydrogen (secondary N) is 4. The summed E-state index contributed by atoms with van der Waals surface area (Å²) >= 11 is 6.11. The predicted octanol–water partition coefficient (Wildman–Crippen LogP) is 6.84. The number of anilines is 6. The fourth-order valence-corrected chi connectivity index (χ4v) is 3.65. The van der Waals surface area contributed by atoms with Crippen LogP contribution in [0.15, 0.2) is 72.9 Å². The number of halogens is 2. The highest BCUT2D eigenvalue weighted by Gasteiger charge is 2.19. The Balaban J connectivity index is 1.69. The summed E-state index contributed by atoms with van der Waals surface area (Å²) in [5.74, 6) is -0.0784. The van der Waals surface area contributed by atoms with Gasteiger partial charge in [0, 0.05) is 18.4 Å². The number of ether oxygens (including phenoxy) is 1. The molecule has 10 heteroatoms. The number of methoxy groups -OCH3 is 1. The normalized spacial score (nSPS) is 10.5. The summed E-state index contributed by atoms with van der Waals surface area (Å²) in [7, 11) is 1.59. The molecule has 0 atom stereocenters. The van der Waals surface area contributed by atoms with Gasteiger partial charge >= 0.3 is 0 Å². The van der Waals surface area contributed by atoms with Crippen LogP contribution in [0, 0.1) is 5.82 Å². The molecule has 0 aliphatic heterocycles. The van der Waals surface area contributed by atoms with Crippen molar-refractivity contribution in [2.45, 2.75) is 13.3 Å². The summed E-state index contributed by atoms with van der Waals surface area (Å²) in [4.78, 5) is 22.1. The molecule has 37 heavy (non-hydrogen) atoms. The molecule has 0 bridgehead atoms. The number of hydrogen-bond acceptors (Lipinski definition) is 7. The number of hydrogen-bond donors (Lipinski definition) is 4. The molecule has 1 amide bonds. The van der Waals surface area contributed by atoms with Crippen LogP contribution in [0.4, 0.5) is 38.9 Å². The maximum absolute atomic E-state index is 14.3. The SMILES string of the molecule is CCCNc1ccccc1Nc1nc(Nc2ccc(OC)cc2)ncc1C(=O)Nc1c(F)cccc1Cl. The number of rotatable bonds is 10. The van der Waals surface area contributed by atoms with E-state index in [4.69, 9.17) is 16.3 Å². The minimum absolute atomic E-state index is 0.0793. The van der Waals surface area contributed by atoms with Gasteiger partial charge in [-0.15, -0.1) is 0 Å². The second-order valence-corrected chi connectivity index (χ2v) is 8.36. The highest BCUT2D eigenvalue weighted by Crippen LogP contribution is 2.30. The average Bonchev–Trinajstić information content (AvgIpc) is 2.91. The van der Waals surface area contributed by atoms with Crippen molar-refractivity contribution in [2.75, 3.05) is 34.9 Å². The van der Waals surface area contributed by atoms with Crippen molar-refractivity contribution >= 4 is 52.0 Å². The molecular weight excluding hydrogens is 495 g/mol. The molecule has 0 radical (unpaired) electrons. The molecule has 8 nitrogen and oxygen atoms in total. The molecule has 0 aliphatic carbocycles. The third kappa shape index (κ3) is 6.45. The van der Waals surface area contributed by atoms with Crippen LogP contribution in [0.25, 0.3) is 0 Å². The predicted molar refractivity (Wildman–Crippen MR) is 146 cm³/mol. The van der Waals surface area contributed by atoms with Crippen molar-refractivity contribution in [1.82, 2.24) is 9.97 Å². The zero-order valence-electron chi connectivity index (χ0n) is 20.3. The quantitative estimate of drug-likeness (QED) is 0.182. The maximum atomic E-state index is 14.3. The summed E-state index contributed by atoms with van der Waals surface area (Å²) in [6.45, 7) is 2.84. The lowest BCUT2D eigenvalue weighted by Crippen LogP contribution is -2.17. The Morgan fingerprint density at radius 3 is 2.46 bits per heavy atom. The molecule has 190 valence electrons. The first-order chi connectivity index (χ1) is 18.0. The summed E-state index contributed by atoms with van der Waals surface area (Å²) in [6, 6.07) is 19.0. The first-order valence-electron chi connectivity index (χ1n) is 11.6. The van der Waals surface area contributed by atoms with Crippen molar-refractivity contribution in [3.63, 3.8) is 0 Å². The Kier molecular flexibility index (Phi) is 8.37. The van der Waals surface area contributed by atoms with E-state index in [1.165, 1.54) is 24.4 Å². The number of nitrogens with zero attached hydrogens (tertiary/aromatic N) is 2. The van der Waals surface area contributed by atoms with Crippen LogP contribution in [-0.2, 0) is 0 Å². The van der Waals surface area contributed by atoms with Crippen LogP contribution >= 0.6 is 11.6 Å². The van der Waals surface area contributed by atoms with E-state index < -0.39 is 11.7 Å². The van der Waals surface area contributed by atoms with Crippen LogP contribution in [0.2, 0.25) is 5.02 Å². The van der Waals surface area contributed by atoms with Gasteiger partial charge in [0.2, 0.25) is 5.95 Å². The van der Waals surface area contributed by atoms with E-state index in [0.717, 1.165) is 24.3 Å². The lowest BCUT2D eigenvalue weighted by atomic mass is 10.2. The van der Waals surface area contributed by atoms with Gasteiger partial charge in [0.15, 0.2) is 0 Å². The first kappa shape index (κ1) is 25.7. The molecule has 1 heterocycles. The van der Waals surface area contributed by atoms with Crippen molar-refractivity contribution in [2.24, 2.45) is 0 Å². The second-order valence-electron chi connectivity index (χ2n) is 7.96. The lowest BCUT2D eigenvalue weighted by molar-refractivity contribution is 0.102. The van der Waals surface area contributed by atoms with Crippen molar-refractivity contribution < 1.29 is 13.9 Å². The van der Waals surface area contributed by atoms with Gasteiger partial charge in [-0.3, -0.25) is 4.79 Å². The van der Waals surface area contributed by atoms with Crippen LogP contribution in [0.1, 0.15) is 23.7 Å². The summed E-state index contributed by atoms with van der Waals surface area (Å²) < 4.78 is 19.5.